The molecule has 0 saturated heterocycles. The lowest BCUT2D eigenvalue weighted by Crippen LogP contribution is -2.50. The second-order valence-electron chi connectivity index (χ2n) is 5.63. The Balaban J connectivity index is 2.23. The predicted octanol–water partition coefficient (Wildman–Crippen LogP) is 2.17. The molecule has 1 aliphatic heterocycles. The van der Waals surface area contributed by atoms with Gasteiger partial charge in [-0.3, -0.25) is 19.0 Å². The molecule has 0 bridgehead atoms. The van der Waals surface area contributed by atoms with Crippen LogP contribution in [0.1, 0.15) is 23.3 Å². The van der Waals surface area contributed by atoms with Gasteiger partial charge in [0.05, 0.1) is 19.9 Å². The highest BCUT2D eigenvalue weighted by molar-refractivity contribution is 6.08. The molecule has 0 amide bonds. The fourth-order valence-corrected chi connectivity index (χ4v) is 3.17. The molecule has 1 aromatic carbocycles. The van der Waals surface area contributed by atoms with Crippen molar-refractivity contribution in [2.45, 2.75) is 18.3 Å². The maximum atomic E-state index is 12.5. The molecule has 0 fully saturated rings. The molecule has 3 rings (SSSR count). The van der Waals surface area contributed by atoms with Gasteiger partial charge >= 0.3 is 11.9 Å². The van der Waals surface area contributed by atoms with Crippen LogP contribution in [0, 0.1) is 0 Å². The van der Waals surface area contributed by atoms with Crippen LogP contribution in [-0.2, 0) is 24.5 Å². The van der Waals surface area contributed by atoms with Gasteiger partial charge < -0.3 is 9.47 Å². The molecule has 0 N–H and O–H groups in total. The summed E-state index contributed by atoms with van der Waals surface area (Å²) in [6.45, 7) is 0. The van der Waals surface area contributed by atoms with Crippen LogP contribution >= 0.6 is 0 Å². The Morgan fingerprint density at radius 3 is 2.25 bits per heavy atom. The number of methoxy groups -OCH3 is 2. The van der Waals surface area contributed by atoms with Crippen molar-refractivity contribution in [3.8, 4) is 11.1 Å². The second-order valence-corrected chi connectivity index (χ2v) is 5.63. The van der Waals surface area contributed by atoms with Crippen molar-refractivity contribution < 1.29 is 23.9 Å². The van der Waals surface area contributed by atoms with E-state index in [2.05, 4.69) is 0 Å². The fourth-order valence-electron chi connectivity index (χ4n) is 3.17. The highest BCUT2D eigenvalue weighted by Gasteiger charge is 2.54. The minimum atomic E-state index is -1.62. The summed E-state index contributed by atoms with van der Waals surface area (Å²) < 4.78 is 11.1. The number of fused-ring (bicyclic) bond motifs is 1. The van der Waals surface area contributed by atoms with Crippen molar-refractivity contribution in [1.29, 1.82) is 0 Å². The second kappa shape index (κ2) is 5.96. The standard InChI is InChI=1S/C18H17NO5/c1-23-16(21)18(17(22)24-2)9-8-15(20)19-11-13(10-14(18)19)12-6-4-3-5-7-12/h3-7,10-11H,8-9H2,1-2H3. The van der Waals surface area contributed by atoms with Gasteiger partial charge in [-0.2, -0.15) is 0 Å². The molecule has 6 heteroatoms. The molecule has 0 unspecified atom stereocenters. The third-order valence-corrected chi connectivity index (χ3v) is 4.41. The van der Waals surface area contributed by atoms with Gasteiger partial charge in [-0.25, -0.2) is 0 Å². The summed E-state index contributed by atoms with van der Waals surface area (Å²) in [5.41, 5.74) is 0.301. The number of hydrogen-bond donors (Lipinski definition) is 0. The Kier molecular flexibility index (Phi) is 3.97. The summed E-state index contributed by atoms with van der Waals surface area (Å²) in [6, 6.07) is 11.1. The van der Waals surface area contributed by atoms with Crippen molar-refractivity contribution >= 4 is 17.8 Å². The van der Waals surface area contributed by atoms with Crippen molar-refractivity contribution in [1.82, 2.24) is 4.57 Å². The number of rotatable bonds is 3. The number of aromatic nitrogens is 1. The Hall–Kier alpha value is -2.89. The molecule has 2 aromatic rings. The summed E-state index contributed by atoms with van der Waals surface area (Å²) >= 11 is 0. The van der Waals surface area contributed by atoms with Gasteiger partial charge in [0, 0.05) is 18.2 Å². The van der Waals surface area contributed by atoms with Crippen molar-refractivity contribution in [3.63, 3.8) is 0 Å². The summed E-state index contributed by atoms with van der Waals surface area (Å²) in [4.78, 5) is 37.2. The normalized spacial score (nSPS) is 15.5. The molecule has 124 valence electrons. The van der Waals surface area contributed by atoms with Crippen LogP contribution in [0.15, 0.2) is 42.6 Å². The molecular formula is C18H17NO5. The molecule has 0 atom stereocenters. The predicted molar refractivity (Wildman–Crippen MR) is 85.4 cm³/mol. The van der Waals surface area contributed by atoms with E-state index in [9.17, 15) is 14.4 Å². The molecule has 0 spiro atoms. The van der Waals surface area contributed by atoms with Crippen LogP contribution in [0.5, 0.6) is 0 Å². The van der Waals surface area contributed by atoms with Crippen molar-refractivity contribution in [2.24, 2.45) is 0 Å². The average molecular weight is 327 g/mol. The molecule has 6 nitrogen and oxygen atoms in total. The van der Waals surface area contributed by atoms with E-state index in [1.54, 1.807) is 12.3 Å². The van der Waals surface area contributed by atoms with Gasteiger partial charge in [0.15, 0.2) is 0 Å². The van der Waals surface area contributed by atoms with Gasteiger partial charge in [0.2, 0.25) is 11.3 Å². The van der Waals surface area contributed by atoms with Crippen LogP contribution in [-0.4, -0.2) is 36.6 Å². The molecule has 0 saturated carbocycles. The first-order valence-corrected chi connectivity index (χ1v) is 7.53. The largest absolute Gasteiger partial charge is 0.468 e. The average Bonchev–Trinajstić information content (AvgIpc) is 3.08. The topological polar surface area (TPSA) is 74.6 Å². The summed E-state index contributed by atoms with van der Waals surface area (Å²) in [7, 11) is 2.43. The first kappa shape index (κ1) is 16.0. The number of benzene rings is 1. The quantitative estimate of drug-likeness (QED) is 0.638. The monoisotopic (exact) mass is 327 g/mol. The lowest BCUT2D eigenvalue weighted by molar-refractivity contribution is -0.163. The summed E-state index contributed by atoms with van der Waals surface area (Å²) in [5.74, 6) is -1.61. The first-order valence-electron chi connectivity index (χ1n) is 7.53. The van der Waals surface area contributed by atoms with E-state index < -0.39 is 17.4 Å². The number of nitrogens with zero attached hydrogens (tertiary/aromatic N) is 1. The van der Waals surface area contributed by atoms with E-state index in [0.717, 1.165) is 11.1 Å². The number of carbonyl (C=O) groups is 3. The van der Waals surface area contributed by atoms with Crippen molar-refractivity contribution in [2.75, 3.05) is 14.2 Å². The van der Waals surface area contributed by atoms with Gasteiger partial charge in [0.25, 0.3) is 0 Å². The fraction of sp³-hybridized carbons (Fsp3) is 0.278. The minimum Gasteiger partial charge on any atom is -0.468 e. The van der Waals surface area contributed by atoms with E-state index in [1.165, 1.54) is 18.8 Å². The highest BCUT2D eigenvalue weighted by atomic mass is 16.5. The van der Waals surface area contributed by atoms with Gasteiger partial charge in [-0.1, -0.05) is 30.3 Å². The van der Waals surface area contributed by atoms with Gasteiger partial charge in [-0.15, -0.1) is 0 Å². The molecule has 0 radical (unpaired) electrons. The van der Waals surface area contributed by atoms with Crippen LogP contribution in [0.4, 0.5) is 0 Å². The lowest BCUT2D eigenvalue weighted by atomic mass is 9.77. The Bertz CT molecular complexity index is 790. The number of hydrogen-bond acceptors (Lipinski definition) is 5. The van der Waals surface area contributed by atoms with Gasteiger partial charge in [0.1, 0.15) is 0 Å². The van der Waals surface area contributed by atoms with Crippen LogP contribution < -0.4 is 0 Å². The molecule has 0 aliphatic carbocycles. The molecule has 1 aromatic heterocycles. The van der Waals surface area contributed by atoms with E-state index in [-0.39, 0.29) is 24.4 Å². The SMILES string of the molecule is COC(=O)C1(C(=O)OC)CCC(=O)n2cc(-c3ccccc3)cc21. The van der Waals surface area contributed by atoms with Crippen molar-refractivity contribution in [3.05, 3.63) is 48.3 Å². The van der Waals surface area contributed by atoms with E-state index >= 15 is 0 Å². The van der Waals surface area contributed by atoms with Crippen LogP contribution in [0.3, 0.4) is 0 Å². The smallest absolute Gasteiger partial charge is 0.329 e. The Morgan fingerprint density at radius 1 is 1.04 bits per heavy atom. The first-order chi connectivity index (χ1) is 11.5. The number of ether oxygens (including phenoxy) is 2. The van der Waals surface area contributed by atoms with E-state index in [0.29, 0.717) is 0 Å². The zero-order chi connectivity index (χ0) is 17.3. The van der Waals surface area contributed by atoms with Gasteiger partial charge in [-0.05, 0) is 18.1 Å². The highest BCUT2D eigenvalue weighted by Crippen LogP contribution is 2.39. The molecule has 24 heavy (non-hydrogen) atoms. The molecular weight excluding hydrogens is 310 g/mol. The lowest BCUT2D eigenvalue weighted by Gasteiger charge is -2.32. The zero-order valence-corrected chi connectivity index (χ0v) is 13.4. The summed E-state index contributed by atoms with van der Waals surface area (Å²) in [5, 5.41) is 0. The summed E-state index contributed by atoms with van der Waals surface area (Å²) in [6.07, 6.45) is 1.73. The third kappa shape index (κ3) is 2.22. The number of esters is 2. The maximum Gasteiger partial charge on any atom is 0.329 e. The molecule has 1 aliphatic rings. The maximum absolute atomic E-state index is 12.5. The third-order valence-electron chi connectivity index (χ3n) is 4.41. The number of carbonyl (C=O) groups excluding carboxylic acids is 3. The van der Waals surface area contributed by atoms with Crippen LogP contribution in [0.25, 0.3) is 11.1 Å². The van der Waals surface area contributed by atoms with Crippen LogP contribution in [0.2, 0.25) is 0 Å². The minimum absolute atomic E-state index is 0.0312. The Morgan fingerprint density at radius 2 is 1.67 bits per heavy atom. The zero-order valence-electron chi connectivity index (χ0n) is 13.4. The van der Waals surface area contributed by atoms with E-state index in [4.69, 9.17) is 9.47 Å². The Labute approximate surface area is 139 Å². The van der Waals surface area contributed by atoms with E-state index in [1.807, 2.05) is 30.3 Å². The molecule has 2 heterocycles.